The van der Waals surface area contributed by atoms with E-state index in [1.165, 1.54) is 11.1 Å². The van der Waals surface area contributed by atoms with E-state index >= 15 is 0 Å². The average molecular weight is 273 g/mol. The first kappa shape index (κ1) is 14.0. The number of ether oxygens (including phenoxy) is 1. The number of hydrogen-bond acceptors (Lipinski definition) is 3. The van der Waals surface area contributed by atoms with Crippen molar-refractivity contribution in [2.45, 2.75) is 18.1 Å². The van der Waals surface area contributed by atoms with Gasteiger partial charge in [0.2, 0.25) is 0 Å². The quantitative estimate of drug-likeness (QED) is 0.873. The van der Waals surface area contributed by atoms with Gasteiger partial charge in [-0.3, -0.25) is 0 Å². The van der Waals surface area contributed by atoms with Gasteiger partial charge in [-0.1, -0.05) is 36.4 Å². The molecule has 0 heterocycles. The standard InChI is InChI=1S/C16H19NOS/c1-18-16-8-7-14(9-15(16)10-17)12-19-11-13-5-3-2-4-6-13/h2-9H,10-12,17H2,1H3. The highest BCUT2D eigenvalue weighted by Gasteiger charge is 2.03. The molecule has 0 amide bonds. The highest BCUT2D eigenvalue weighted by molar-refractivity contribution is 7.97. The molecular formula is C16H19NOS. The lowest BCUT2D eigenvalue weighted by molar-refractivity contribution is 0.409. The minimum absolute atomic E-state index is 0.514. The van der Waals surface area contributed by atoms with Gasteiger partial charge in [-0.05, 0) is 23.3 Å². The second kappa shape index (κ2) is 7.22. The predicted octanol–water partition coefficient (Wildman–Crippen LogP) is 3.59. The fraction of sp³-hybridized carbons (Fsp3) is 0.250. The summed E-state index contributed by atoms with van der Waals surface area (Å²) in [5.74, 6) is 2.90. The Morgan fingerprint density at radius 1 is 1.00 bits per heavy atom. The van der Waals surface area contributed by atoms with Gasteiger partial charge in [-0.2, -0.15) is 11.8 Å². The van der Waals surface area contributed by atoms with E-state index in [1.54, 1.807) is 7.11 Å². The van der Waals surface area contributed by atoms with Crippen molar-refractivity contribution in [3.8, 4) is 5.75 Å². The molecular weight excluding hydrogens is 254 g/mol. The van der Waals surface area contributed by atoms with Crippen LogP contribution in [0.3, 0.4) is 0 Å². The molecule has 2 aromatic rings. The maximum absolute atomic E-state index is 5.73. The van der Waals surface area contributed by atoms with Crippen LogP contribution in [0.25, 0.3) is 0 Å². The summed E-state index contributed by atoms with van der Waals surface area (Å²) in [6.45, 7) is 0.514. The first-order valence-corrected chi connectivity index (χ1v) is 7.46. The predicted molar refractivity (Wildman–Crippen MR) is 82.3 cm³/mol. The molecule has 3 heteroatoms. The number of benzene rings is 2. The van der Waals surface area contributed by atoms with Crippen LogP contribution in [-0.4, -0.2) is 7.11 Å². The first-order valence-electron chi connectivity index (χ1n) is 6.31. The van der Waals surface area contributed by atoms with E-state index in [-0.39, 0.29) is 0 Å². The van der Waals surface area contributed by atoms with Gasteiger partial charge in [0.25, 0.3) is 0 Å². The second-order valence-corrected chi connectivity index (χ2v) is 5.31. The molecule has 0 saturated carbocycles. The van der Waals surface area contributed by atoms with Crippen LogP contribution >= 0.6 is 11.8 Å². The zero-order valence-electron chi connectivity index (χ0n) is 11.1. The second-order valence-electron chi connectivity index (χ2n) is 4.33. The summed E-state index contributed by atoms with van der Waals surface area (Å²) in [5.41, 5.74) is 9.45. The Bertz CT molecular complexity index is 513. The van der Waals surface area contributed by atoms with Crippen molar-refractivity contribution >= 4 is 11.8 Å². The molecule has 0 saturated heterocycles. The van der Waals surface area contributed by atoms with E-state index < -0.39 is 0 Å². The van der Waals surface area contributed by atoms with Gasteiger partial charge < -0.3 is 10.5 Å². The molecule has 100 valence electrons. The number of nitrogens with two attached hydrogens (primary N) is 1. The van der Waals surface area contributed by atoms with Crippen LogP contribution < -0.4 is 10.5 Å². The van der Waals surface area contributed by atoms with Crippen LogP contribution in [0.15, 0.2) is 48.5 Å². The SMILES string of the molecule is COc1ccc(CSCc2ccccc2)cc1CN. The molecule has 0 unspecified atom stereocenters. The van der Waals surface area contributed by atoms with Crippen LogP contribution in [0.5, 0.6) is 5.75 Å². The van der Waals surface area contributed by atoms with Gasteiger partial charge in [-0.15, -0.1) is 0 Å². The van der Waals surface area contributed by atoms with Crippen LogP contribution in [0, 0.1) is 0 Å². The lowest BCUT2D eigenvalue weighted by Crippen LogP contribution is -2.00. The molecule has 0 radical (unpaired) electrons. The van der Waals surface area contributed by atoms with Crippen LogP contribution in [-0.2, 0) is 18.1 Å². The number of methoxy groups -OCH3 is 1. The third-order valence-electron chi connectivity index (χ3n) is 2.95. The molecule has 0 aliphatic carbocycles. The molecule has 2 nitrogen and oxygen atoms in total. The summed E-state index contributed by atoms with van der Waals surface area (Å²) in [4.78, 5) is 0. The Morgan fingerprint density at radius 3 is 2.42 bits per heavy atom. The van der Waals surface area contributed by atoms with E-state index in [2.05, 4.69) is 36.4 Å². The Kier molecular flexibility index (Phi) is 5.31. The lowest BCUT2D eigenvalue weighted by Gasteiger charge is -2.09. The fourth-order valence-electron chi connectivity index (χ4n) is 1.94. The van der Waals surface area contributed by atoms with Gasteiger partial charge in [0.1, 0.15) is 5.75 Å². The zero-order chi connectivity index (χ0) is 13.5. The Balaban J connectivity index is 1.93. The fourth-order valence-corrected chi connectivity index (χ4v) is 2.89. The molecule has 0 atom stereocenters. The van der Waals surface area contributed by atoms with Crippen molar-refractivity contribution in [1.82, 2.24) is 0 Å². The van der Waals surface area contributed by atoms with E-state index in [0.29, 0.717) is 6.54 Å². The smallest absolute Gasteiger partial charge is 0.123 e. The monoisotopic (exact) mass is 273 g/mol. The molecule has 0 spiro atoms. The summed E-state index contributed by atoms with van der Waals surface area (Å²) < 4.78 is 5.28. The highest BCUT2D eigenvalue weighted by atomic mass is 32.2. The minimum Gasteiger partial charge on any atom is -0.496 e. The van der Waals surface area contributed by atoms with Crippen molar-refractivity contribution in [3.63, 3.8) is 0 Å². The van der Waals surface area contributed by atoms with Crippen LogP contribution in [0.4, 0.5) is 0 Å². The summed E-state index contributed by atoms with van der Waals surface area (Å²) in [5, 5.41) is 0. The number of thioether (sulfide) groups is 1. The minimum atomic E-state index is 0.514. The molecule has 19 heavy (non-hydrogen) atoms. The first-order chi connectivity index (χ1) is 9.33. The Hall–Kier alpha value is -1.45. The van der Waals surface area contributed by atoms with Gasteiger partial charge in [0, 0.05) is 23.6 Å². The van der Waals surface area contributed by atoms with Crippen molar-refractivity contribution < 1.29 is 4.74 Å². The summed E-state index contributed by atoms with van der Waals surface area (Å²) in [6.07, 6.45) is 0. The molecule has 0 fully saturated rings. The maximum atomic E-state index is 5.73. The molecule has 2 N–H and O–H groups in total. The number of rotatable bonds is 6. The van der Waals surface area contributed by atoms with Crippen molar-refractivity contribution in [1.29, 1.82) is 0 Å². The molecule has 2 aromatic carbocycles. The summed E-state index contributed by atoms with van der Waals surface area (Å²) >= 11 is 1.91. The molecule has 2 rings (SSSR count). The summed E-state index contributed by atoms with van der Waals surface area (Å²) in [6, 6.07) is 16.8. The van der Waals surface area contributed by atoms with Gasteiger partial charge >= 0.3 is 0 Å². The van der Waals surface area contributed by atoms with Crippen molar-refractivity contribution in [3.05, 3.63) is 65.2 Å². The van der Waals surface area contributed by atoms with Crippen LogP contribution in [0.2, 0.25) is 0 Å². The Labute approximate surface area is 119 Å². The van der Waals surface area contributed by atoms with E-state index in [1.807, 2.05) is 23.9 Å². The van der Waals surface area contributed by atoms with Crippen LogP contribution in [0.1, 0.15) is 16.7 Å². The third kappa shape index (κ3) is 4.01. The number of hydrogen-bond donors (Lipinski definition) is 1. The third-order valence-corrected chi connectivity index (χ3v) is 4.02. The van der Waals surface area contributed by atoms with Crippen molar-refractivity contribution in [2.75, 3.05) is 7.11 Å². The van der Waals surface area contributed by atoms with Gasteiger partial charge in [0.05, 0.1) is 7.11 Å². The largest absolute Gasteiger partial charge is 0.496 e. The van der Waals surface area contributed by atoms with Gasteiger partial charge in [-0.25, -0.2) is 0 Å². The van der Waals surface area contributed by atoms with E-state index in [0.717, 1.165) is 22.8 Å². The maximum Gasteiger partial charge on any atom is 0.123 e. The van der Waals surface area contributed by atoms with Crippen molar-refractivity contribution in [2.24, 2.45) is 5.73 Å². The highest BCUT2D eigenvalue weighted by Crippen LogP contribution is 2.23. The summed E-state index contributed by atoms with van der Waals surface area (Å²) in [7, 11) is 1.68. The normalized spacial score (nSPS) is 10.4. The molecule has 0 aromatic heterocycles. The van der Waals surface area contributed by atoms with E-state index in [4.69, 9.17) is 10.5 Å². The topological polar surface area (TPSA) is 35.2 Å². The van der Waals surface area contributed by atoms with E-state index in [9.17, 15) is 0 Å². The zero-order valence-corrected chi connectivity index (χ0v) is 12.0. The molecule has 0 aliphatic rings. The molecule has 0 bridgehead atoms. The molecule has 0 aliphatic heterocycles. The van der Waals surface area contributed by atoms with Gasteiger partial charge in [0.15, 0.2) is 0 Å². The lowest BCUT2D eigenvalue weighted by atomic mass is 10.1. The Morgan fingerprint density at radius 2 is 1.74 bits per heavy atom. The average Bonchev–Trinajstić information content (AvgIpc) is 2.48.